The molecule has 1 aromatic rings. The molecule has 0 amide bonds. The van der Waals surface area contributed by atoms with Gasteiger partial charge < -0.3 is 4.74 Å². The Bertz CT molecular complexity index is 365. The Morgan fingerprint density at radius 2 is 2.14 bits per heavy atom. The third-order valence-electron chi connectivity index (χ3n) is 1.89. The minimum atomic E-state index is -2.73. The summed E-state index contributed by atoms with van der Waals surface area (Å²) >= 11 is 0. The Labute approximate surface area is 84.1 Å². The van der Waals surface area contributed by atoms with E-state index in [1.807, 2.05) is 0 Å². The molecular weight excluding hydrogens is 204 g/mol. The summed E-state index contributed by atoms with van der Waals surface area (Å²) in [5.74, 6) is 0.554. The van der Waals surface area contributed by atoms with E-state index in [1.165, 1.54) is 7.11 Å². The van der Waals surface area contributed by atoms with Crippen LogP contribution in [-0.4, -0.2) is 22.1 Å². The highest BCUT2D eigenvalue weighted by atomic mass is 32.2. The Morgan fingerprint density at radius 1 is 1.43 bits per heavy atom. The molecule has 1 atom stereocenters. The van der Waals surface area contributed by atoms with Gasteiger partial charge in [-0.3, -0.25) is 0 Å². The standard InChI is InChI=1S/C9H11O4S/c1-13-8-4-2-3-7(5-8)9(6-10)14(11)12/h2-5,9,14H,6H2,1H3. The highest BCUT2D eigenvalue weighted by Crippen LogP contribution is 2.21. The predicted molar refractivity (Wildman–Crippen MR) is 51.6 cm³/mol. The lowest BCUT2D eigenvalue weighted by Gasteiger charge is -2.07. The maximum absolute atomic E-state index is 10.7. The van der Waals surface area contributed by atoms with Crippen molar-refractivity contribution in [2.24, 2.45) is 0 Å². The van der Waals surface area contributed by atoms with Gasteiger partial charge in [0.15, 0.2) is 0 Å². The van der Waals surface area contributed by atoms with Crippen LogP contribution in [0.25, 0.3) is 0 Å². The molecule has 0 spiro atoms. The van der Waals surface area contributed by atoms with Gasteiger partial charge in [-0.05, 0) is 17.7 Å². The van der Waals surface area contributed by atoms with Crippen molar-refractivity contribution >= 4 is 10.7 Å². The average Bonchev–Trinajstić information content (AvgIpc) is 2.19. The van der Waals surface area contributed by atoms with Gasteiger partial charge in [0.2, 0.25) is 0 Å². The second kappa shape index (κ2) is 4.97. The molecule has 1 aromatic carbocycles. The molecule has 0 aliphatic heterocycles. The SMILES string of the molecule is COc1cccc(C(C[O])[SH](=O)=O)c1. The van der Waals surface area contributed by atoms with Crippen LogP contribution in [0.1, 0.15) is 10.8 Å². The highest BCUT2D eigenvalue weighted by molar-refractivity contribution is 7.72. The monoisotopic (exact) mass is 215 g/mol. The lowest BCUT2D eigenvalue weighted by atomic mass is 10.1. The van der Waals surface area contributed by atoms with Gasteiger partial charge in [-0.1, -0.05) is 12.1 Å². The van der Waals surface area contributed by atoms with E-state index < -0.39 is 22.6 Å². The van der Waals surface area contributed by atoms with Crippen molar-refractivity contribution in [3.05, 3.63) is 29.8 Å². The van der Waals surface area contributed by atoms with Crippen molar-refractivity contribution in [3.8, 4) is 5.75 Å². The van der Waals surface area contributed by atoms with Crippen molar-refractivity contribution in [2.75, 3.05) is 13.7 Å². The van der Waals surface area contributed by atoms with Crippen LogP contribution < -0.4 is 4.74 Å². The van der Waals surface area contributed by atoms with E-state index in [0.717, 1.165) is 0 Å². The number of rotatable bonds is 4. The van der Waals surface area contributed by atoms with Crippen LogP contribution in [0.5, 0.6) is 5.75 Å². The van der Waals surface area contributed by atoms with Crippen LogP contribution in [0.3, 0.4) is 0 Å². The molecule has 5 heteroatoms. The molecule has 0 bridgehead atoms. The second-order valence-electron chi connectivity index (χ2n) is 2.74. The Morgan fingerprint density at radius 3 is 2.64 bits per heavy atom. The molecule has 1 radical (unpaired) electrons. The first-order valence-corrected chi connectivity index (χ1v) is 5.29. The summed E-state index contributed by atoms with van der Waals surface area (Å²) in [7, 11) is -1.24. The number of benzene rings is 1. The van der Waals surface area contributed by atoms with E-state index in [1.54, 1.807) is 24.3 Å². The van der Waals surface area contributed by atoms with Crippen molar-refractivity contribution in [1.82, 2.24) is 0 Å². The minimum absolute atomic E-state index is 0.482. The largest absolute Gasteiger partial charge is 0.497 e. The van der Waals surface area contributed by atoms with Gasteiger partial charge in [0.05, 0.1) is 7.11 Å². The highest BCUT2D eigenvalue weighted by Gasteiger charge is 2.14. The van der Waals surface area contributed by atoms with Crippen LogP contribution in [-0.2, 0) is 15.8 Å². The smallest absolute Gasteiger partial charge is 0.149 e. The summed E-state index contributed by atoms with van der Waals surface area (Å²) in [6.07, 6.45) is 0. The summed E-state index contributed by atoms with van der Waals surface area (Å²) in [4.78, 5) is 0. The first-order chi connectivity index (χ1) is 6.69. The van der Waals surface area contributed by atoms with Gasteiger partial charge in [0.25, 0.3) is 0 Å². The molecule has 0 heterocycles. The predicted octanol–water partition coefficient (Wildman–Crippen LogP) is 0.778. The third kappa shape index (κ3) is 2.46. The molecular formula is C9H11O4S. The van der Waals surface area contributed by atoms with E-state index in [9.17, 15) is 13.5 Å². The van der Waals surface area contributed by atoms with Gasteiger partial charge in [-0.25, -0.2) is 13.5 Å². The Balaban J connectivity index is 3.04. The molecule has 1 rings (SSSR count). The van der Waals surface area contributed by atoms with Crippen LogP contribution in [0.4, 0.5) is 0 Å². The molecule has 0 aliphatic rings. The number of ether oxygens (including phenoxy) is 1. The van der Waals surface area contributed by atoms with Crippen molar-refractivity contribution in [1.29, 1.82) is 0 Å². The normalized spacial score (nSPS) is 12.8. The summed E-state index contributed by atoms with van der Waals surface area (Å²) < 4.78 is 26.4. The topological polar surface area (TPSA) is 63.3 Å². The number of hydrogen-bond acceptors (Lipinski definition) is 3. The molecule has 1 unspecified atom stereocenters. The number of thiol groups is 1. The quantitative estimate of drug-likeness (QED) is 0.755. The molecule has 0 saturated heterocycles. The molecule has 0 N–H and O–H groups in total. The average molecular weight is 215 g/mol. The minimum Gasteiger partial charge on any atom is -0.497 e. The lowest BCUT2D eigenvalue weighted by molar-refractivity contribution is 0.192. The van der Waals surface area contributed by atoms with Crippen molar-refractivity contribution in [2.45, 2.75) is 5.25 Å². The van der Waals surface area contributed by atoms with Gasteiger partial charge >= 0.3 is 0 Å². The molecule has 0 aromatic heterocycles. The molecule has 77 valence electrons. The first-order valence-electron chi connectivity index (χ1n) is 4.04. The van der Waals surface area contributed by atoms with E-state index in [4.69, 9.17) is 4.74 Å². The number of methoxy groups -OCH3 is 1. The molecule has 14 heavy (non-hydrogen) atoms. The maximum Gasteiger partial charge on any atom is 0.149 e. The molecule has 0 aliphatic carbocycles. The first kappa shape index (κ1) is 11.0. The van der Waals surface area contributed by atoms with Crippen LogP contribution >= 0.6 is 0 Å². The van der Waals surface area contributed by atoms with Gasteiger partial charge in [-0.2, -0.15) is 0 Å². The van der Waals surface area contributed by atoms with E-state index in [-0.39, 0.29) is 0 Å². The summed E-state index contributed by atoms with van der Waals surface area (Å²) in [5, 5.41) is 9.69. The third-order valence-corrected chi connectivity index (χ3v) is 2.85. The zero-order chi connectivity index (χ0) is 10.6. The fraction of sp³-hybridized carbons (Fsp3) is 0.333. The van der Waals surface area contributed by atoms with Crippen molar-refractivity contribution < 1.29 is 18.3 Å². The fourth-order valence-corrected chi connectivity index (χ4v) is 1.65. The summed E-state index contributed by atoms with van der Waals surface area (Å²) in [6.45, 7) is -0.661. The van der Waals surface area contributed by atoms with Gasteiger partial charge in [0.1, 0.15) is 28.3 Å². The second-order valence-corrected chi connectivity index (χ2v) is 3.94. The molecule has 4 nitrogen and oxygen atoms in total. The number of hydrogen-bond donors (Lipinski definition) is 1. The van der Waals surface area contributed by atoms with Crippen LogP contribution in [0, 0.1) is 0 Å². The fourth-order valence-electron chi connectivity index (χ4n) is 1.13. The summed E-state index contributed by atoms with van der Waals surface area (Å²) in [5.41, 5.74) is 0.482. The Hall–Kier alpha value is -1.07. The van der Waals surface area contributed by atoms with Crippen molar-refractivity contribution in [3.63, 3.8) is 0 Å². The van der Waals surface area contributed by atoms with E-state index in [0.29, 0.717) is 11.3 Å². The maximum atomic E-state index is 10.7. The molecule has 0 saturated carbocycles. The lowest BCUT2D eigenvalue weighted by Crippen LogP contribution is -2.04. The Kier molecular flexibility index (Phi) is 3.91. The summed E-state index contributed by atoms with van der Waals surface area (Å²) in [6, 6.07) is 6.53. The van der Waals surface area contributed by atoms with E-state index >= 15 is 0 Å². The van der Waals surface area contributed by atoms with E-state index in [2.05, 4.69) is 0 Å². The van der Waals surface area contributed by atoms with Gasteiger partial charge in [0, 0.05) is 0 Å². The zero-order valence-electron chi connectivity index (χ0n) is 7.67. The van der Waals surface area contributed by atoms with Gasteiger partial charge in [-0.15, -0.1) is 0 Å². The zero-order valence-corrected chi connectivity index (χ0v) is 8.57. The van der Waals surface area contributed by atoms with Crippen LogP contribution in [0.15, 0.2) is 24.3 Å². The van der Waals surface area contributed by atoms with Crippen LogP contribution in [0.2, 0.25) is 0 Å². The molecule has 0 fully saturated rings.